The summed E-state index contributed by atoms with van der Waals surface area (Å²) >= 11 is 0. The van der Waals surface area contributed by atoms with Gasteiger partial charge in [-0.2, -0.15) is 0 Å². The van der Waals surface area contributed by atoms with Crippen LogP contribution in [0.1, 0.15) is 83.1 Å². The Morgan fingerprint density at radius 2 is 1.59 bits per heavy atom. The Morgan fingerprint density at radius 1 is 0.897 bits per heavy atom. The highest BCUT2D eigenvalue weighted by Gasteiger charge is 2.48. The number of ether oxygens (including phenoxy) is 1. The second-order valence-corrected chi connectivity index (χ2v) is 13.0. The van der Waals surface area contributed by atoms with Crippen molar-refractivity contribution in [2.45, 2.75) is 113 Å². The van der Waals surface area contributed by atoms with Gasteiger partial charge < -0.3 is 19.3 Å². The first-order valence-electron chi connectivity index (χ1n) is 15.3. The molecule has 1 aromatic heterocycles. The standard InChI is InChI=1S/C31H42N4O4/c1-39-27-18-33(28(27)31(37)38)29-30(36)35(26-12-5-4-11-25(26)32-29)24-16-21-9-6-10-22(17-24)34(21)23-14-19-7-2-3-8-20(13-19)15-23/h4-5,11-12,19-24,27-28H,2-3,6-10,13-18H2,1H3,(H,37,38)/t19-,20?,21+,22+,23?,27-,28-/m0/s1. The number of para-hydroxylation sites is 2. The van der Waals surface area contributed by atoms with Crippen LogP contribution in [0.2, 0.25) is 0 Å². The fraction of sp³-hybridized carbons (Fsp3) is 0.710. The number of carbonyl (C=O) groups is 1. The van der Waals surface area contributed by atoms with E-state index >= 15 is 0 Å². The van der Waals surface area contributed by atoms with Gasteiger partial charge in [0.1, 0.15) is 6.10 Å². The summed E-state index contributed by atoms with van der Waals surface area (Å²) in [6.07, 6.45) is 15.1. The van der Waals surface area contributed by atoms with Crippen molar-refractivity contribution in [1.82, 2.24) is 14.5 Å². The van der Waals surface area contributed by atoms with Gasteiger partial charge in [0, 0.05) is 37.8 Å². The van der Waals surface area contributed by atoms with E-state index in [9.17, 15) is 14.7 Å². The molecule has 39 heavy (non-hydrogen) atoms. The molecule has 3 aliphatic heterocycles. The van der Waals surface area contributed by atoms with E-state index < -0.39 is 18.1 Å². The third-order valence-corrected chi connectivity index (χ3v) is 10.8. The number of benzene rings is 1. The van der Waals surface area contributed by atoms with Crippen LogP contribution in [0.4, 0.5) is 5.82 Å². The lowest BCUT2D eigenvalue weighted by Crippen LogP contribution is -2.66. The highest BCUT2D eigenvalue weighted by Crippen LogP contribution is 2.47. The zero-order valence-corrected chi connectivity index (χ0v) is 23.1. The third kappa shape index (κ3) is 4.38. The van der Waals surface area contributed by atoms with Gasteiger partial charge in [-0.1, -0.05) is 44.2 Å². The number of rotatable bonds is 5. The van der Waals surface area contributed by atoms with Crippen molar-refractivity contribution >= 4 is 22.8 Å². The Hall–Kier alpha value is -2.45. The number of aliphatic carboxylic acids is 1. The molecule has 0 amide bonds. The van der Waals surface area contributed by atoms with E-state index in [0.29, 0.717) is 24.7 Å². The predicted molar refractivity (Wildman–Crippen MR) is 150 cm³/mol. The monoisotopic (exact) mass is 534 g/mol. The van der Waals surface area contributed by atoms with Gasteiger partial charge >= 0.3 is 5.97 Å². The van der Waals surface area contributed by atoms with E-state index in [1.165, 1.54) is 71.3 Å². The molecule has 210 valence electrons. The molecule has 8 nitrogen and oxygen atoms in total. The minimum atomic E-state index is -0.982. The van der Waals surface area contributed by atoms with Crippen molar-refractivity contribution in [2.24, 2.45) is 11.8 Å². The average Bonchev–Trinajstić information content (AvgIpc) is 3.06. The number of fused-ring (bicyclic) bond motifs is 5. The van der Waals surface area contributed by atoms with E-state index in [1.54, 1.807) is 4.90 Å². The average molecular weight is 535 g/mol. The fourth-order valence-electron chi connectivity index (χ4n) is 9.18. The van der Waals surface area contributed by atoms with Gasteiger partial charge in [-0.3, -0.25) is 9.69 Å². The minimum Gasteiger partial charge on any atom is -0.480 e. The maximum atomic E-state index is 14.2. The summed E-state index contributed by atoms with van der Waals surface area (Å²) in [7, 11) is 1.53. The summed E-state index contributed by atoms with van der Waals surface area (Å²) in [5.41, 5.74) is 1.46. The van der Waals surface area contributed by atoms with Gasteiger partial charge in [0.05, 0.1) is 11.0 Å². The van der Waals surface area contributed by atoms with Gasteiger partial charge in [-0.15, -0.1) is 0 Å². The van der Waals surface area contributed by atoms with E-state index in [-0.39, 0.29) is 17.4 Å². The summed E-state index contributed by atoms with van der Waals surface area (Å²) in [4.78, 5) is 35.5. The molecule has 0 radical (unpaired) electrons. The third-order valence-electron chi connectivity index (χ3n) is 10.8. The van der Waals surface area contributed by atoms with E-state index in [2.05, 4.69) is 4.90 Å². The van der Waals surface area contributed by atoms with Gasteiger partial charge in [0.15, 0.2) is 11.9 Å². The summed E-state index contributed by atoms with van der Waals surface area (Å²) in [6, 6.07) is 8.81. The van der Waals surface area contributed by atoms with Crippen LogP contribution in [0, 0.1) is 11.8 Å². The molecule has 5 aliphatic rings. The lowest BCUT2D eigenvalue weighted by Gasteiger charge is -2.54. The maximum Gasteiger partial charge on any atom is 0.329 e. The molecule has 2 unspecified atom stereocenters. The van der Waals surface area contributed by atoms with Crippen LogP contribution in [0.5, 0.6) is 0 Å². The molecule has 2 saturated carbocycles. The van der Waals surface area contributed by atoms with Crippen molar-refractivity contribution in [3.63, 3.8) is 0 Å². The molecule has 8 heteroatoms. The second kappa shape index (κ2) is 10.2. The quantitative estimate of drug-likeness (QED) is 0.600. The number of methoxy groups -OCH3 is 1. The van der Waals surface area contributed by atoms with Gasteiger partial charge in [0.25, 0.3) is 5.56 Å². The first-order valence-corrected chi connectivity index (χ1v) is 15.3. The highest BCUT2D eigenvalue weighted by atomic mass is 16.5. The summed E-state index contributed by atoms with van der Waals surface area (Å²) in [6.45, 7) is 0.363. The summed E-state index contributed by atoms with van der Waals surface area (Å²) in [5, 5.41) is 9.86. The molecular weight excluding hydrogens is 492 g/mol. The summed E-state index contributed by atoms with van der Waals surface area (Å²) in [5.74, 6) is 1.07. The highest BCUT2D eigenvalue weighted by molar-refractivity contribution is 5.83. The van der Waals surface area contributed by atoms with E-state index in [0.717, 1.165) is 35.7 Å². The topological polar surface area (TPSA) is 87.9 Å². The molecule has 2 aliphatic carbocycles. The molecular formula is C31H42N4O4. The SMILES string of the molecule is CO[C@H]1CN(c2nc3ccccc3n(C3C[C@H]4CCC[C@H](C3)N4C3CC4CCCC[C@@H](C4)C3)c2=O)[C@@H]1C(=O)O. The Bertz CT molecular complexity index is 1270. The minimum absolute atomic E-state index is 0.101. The molecule has 7 atom stereocenters. The van der Waals surface area contributed by atoms with Crippen molar-refractivity contribution in [2.75, 3.05) is 18.6 Å². The van der Waals surface area contributed by atoms with Crippen molar-refractivity contribution in [3.8, 4) is 0 Å². The molecule has 4 heterocycles. The lowest BCUT2D eigenvalue weighted by atomic mass is 9.73. The predicted octanol–water partition coefficient (Wildman–Crippen LogP) is 4.60. The zero-order chi connectivity index (χ0) is 26.7. The molecule has 2 aromatic rings. The number of hydrogen-bond donors (Lipinski definition) is 1. The summed E-state index contributed by atoms with van der Waals surface area (Å²) < 4.78 is 7.36. The van der Waals surface area contributed by atoms with Crippen LogP contribution in [0.3, 0.4) is 0 Å². The first kappa shape index (κ1) is 25.5. The van der Waals surface area contributed by atoms with E-state index in [4.69, 9.17) is 9.72 Å². The van der Waals surface area contributed by atoms with Crippen LogP contribution in [-0.2, 0) is 9.53 Å². The number of carboxylic acids is 1. The normalized spacial score (nSPS) is 36.8. The number of hydrogen-bond acceptors (Lipinski definition) is 6. The van der Waals surface area contributed by atoms with Crippen LogP contribution >= 0.6 is 0 Å². The molecule has 7 rings (SSSR count). The smallest absolute Gasteiger partial charge is 0.329 e. The van der Waals surface area contributed by atoms with Crippen LogP contribution in [0.15, 0.2) is 29.1 Å². The van der Waals surface area contributed by atoms with Gasteiger partial charge in [-0.25, -0.2) is 9.78 Å². The zero-order valence-electron chi connectivity index (χ0n) is 23.1. The molecule has 3 saturated heterocycles. The van der Waals surface area contributed by atoms with Crippen LogP contribution < -0.4 is 10.5 Å². The van der Waals surface area contributed by atoms with Crippen molar-refractivity contribution < 1.29 is 14.6 Å². The number of carboxylic acid groups (broad SMARTS) is 1. The van der Waals surface area contributed by atoms with Gasteiger partial charge in [-0.05, 0) is 68.9 Å². The van der Waals surface area contributed by atoms with Crippen molar-refractivity contribution in [3.05, 3.63) is 34.6 Å². The number of anilines is 1. The molecule has 5 fully saturated rings. The number of aromatic nitrogens is 2. The molecule has 0 spiro atoms. The van der Waals surface area contributed by atoms with Crippen molar-refractivity contribution in [1.29, 1.82) is 0 Å². The van der Waals surface area contributed by atoms with E-state index in [1.807, 2.05) is 28.8 Å². The molecule has 1 N–H and O–H groups in total. The number of piperidine rings is 2. The Morgan fingerprint density at radius 3 is 2.26 bits per heavy atom. The molecule has 1 aromatic carbocycles. The Balaban J connectivity index is 1.22. The fourth-order valence-corrected chi connectivity index (χ4v) is 9.18. The Kier molecular flexibility index (Phi) is 6.66. The lowest BCUT2D eigenvalue weighted by molar-refractivity contribution is -0.145. The maximum absolute atomic E-state index is 14.2. The van der Waals surface area contributed by atoms with Gasteiger partial charge in [0.2, 0.25) is 0 Å². The second-order valence-electron chi connectivity index (χ2n) is 13.0. The first-order chi connectivity index (χ1) is 19.0. The Labute approximate surface area is 230 Å². The van der Waals surface area contributed by atoms with Crippen LogP contribution in [-0.4, -0.2) is 69.5 Å². The van der Waals surface area contributed by atoms with Crippen LogP contribution in [0.25, 0.3) is 11.0 Å². The molecule has 4 bridgehead atoms. The number of nitrogens with zero attached hydrogens (tertiary/aromatic N) is 4. The largest absolute Gasteiger partial charge is 0.480 e.